The van der Waals surface area contributed by atoms with Gasteiger partial charge in [-0.3, -0.25) is 0 Å². The summed E-state index contributed by atoms with van der Waals surface area (Å²) in [6.45, 7) is 0. The number of esters is 1. The standard InChI is InChI=1S/C9H7BrN4O2/c1-16-9(15)7-12-5-14(13-7)8-6(10)3-2-4-11-8/h2-5H,1H3. The van der Waals surface area contributed by atoms with Gasteiger partial charge in [0.05, 0.1) is 11.6 Å². The largest absolute Gasteiger partial charge is 0.463 e. The van der Waals surface area contributed by atoms with E-state index in [-0.39, 0.29) is 5.82 Å². The van der Waals surface area contributed by atoms with Crippen LogP contribution in [0.25, 0.3) is 5.82 Å². The van der Waals surface area contributed by atoms with E-state index in [4.69, 9.17) is 0 Å². The summed E-state index contributed by atoms with van der Waals surface area (Å²) in [6.07, 6.45) is 3.03. The summed E-state index contributed by atoms with van der Waals surface area (Å²) in [7, 11) is 1.28. The van der Waals surface area contributed by atoms with Gasteiger partial charge < -0.3 is 4.74 Å². The molecule has 0 aliphatic carbocycles. The van der Waals surface area contributed by atoms with Crippen LogP contribution >= 0.6 is 15.9 Å². The molecule has 7 heteroatoms. The Hall–Kier alpha value is -1.76. The molecule has 2 aromatic heterocycles. The first-order valence-corrected chi connectivity index (χ1v) is 5.12. The van der Waals surface area contributed by atoms with Crippen LogP contribution in [-0.4, -0.2) is 32.8 Å². The van der Waals surface area contributed by atoms with Gasteiger partial charge in [0.2, 0.25) is 0 Å². The Balaban J connectivity index is 2.39. The average Bonchev–Trinajstić information content (AvgIpc) is 2.78. The van der Waals surface area contributed by atoms with Crippen LogP contribution in [-0.2, 0) is 4.74 Å². The van der Waals surface area contributed by atoms with Crippen molar-refractivity contribution in [2.75, 3.05) is 7.11 Å². The predicted molar refractivity (Wildman–Crippen MR) is 58.2 cm³/mol. The average molecular weight is 283 g/mol. The van der Waals surface area contributed by atoms with Gasteiger partial charge in [-0.15, -0.1) is 5.10 Å². The topological polar surface area (TPSA) is 69.9 Å². The molecule has 0 N–H and O–H groups in total. The molecule has 82 valence electrons. The number of halogens is 1. The van der Waals surface area contributed by atoms with Crippen LogP contribution in [0.1, 0.15) is 10.6 Å². The second-order valence-electron chi connectivity index (χ2n) is 2.81. The fourth-order valence-corrected chi connectivity index (χ4v) is 1.53. The van der Waals surface area contributed by atoms with Crippen molar-refractivity contribution in [1.82, 2.24) is 19.7 Å². The first-order valence-electron chi connectivity index (χ1n) is 4.33. The van der Waals surface area contributed by atoms with Crippen LogP contribution in [0.4, 0.5) is 0 Å². The van der Waals surface area contributed by atoms with Gasteiger partial charge in [0.15, 0.2) is 5.82 Å². The lowest BCUT2D eigenvalue weighted by molar-refractivity contribution is 0.0587. The van der Waals surface area contributed by atoms with Crippen molar-refractivity contribution in [2.45, 2.75) is 0 Å². The molecule has 0 fully saturated rings. The molecule has 0 aromatic carbocycles. The molecule has 0 saturated heterocycles. The minimum absolute atomic E-state index is 0.0000491. The van der Waals surface area contributed by atoms with E-state index in [9.17, 15) is 4.79 Å². The van der Waals surface area contributed by atoms with Gasteiger partial charge >= 0.3 is 5.97 Å². The van der Waals surface area contributed by atoms with Crippen LogP contribution in [0.15, 0.2) is 29.1 Å². The molecule has 2 heterocycles. The Morgan fingerprint density at radius 3 is 3.00 bits per heavy atom. The third kappa shape index (κ3) is 1.94. The predicted octanol–water partition coefficient (Wildman–Crippen LogP) is 1.21. The van der Waals surface area contributed by atoms with Gasteiger partial charge in [-0.1, -0.05) is 0 Å². The summed E-state index contributed by atoms with van der Waals surface area (Å²) >= 11 is 3.33. The molecule has 6 nitrogen and oxygen atoms in total. The molecule has 0 amide bonds. The molecule has 16 heavy (non-hydrogen) atoms. The van der Waals surface area contributed by atoms with Gasteiger partial charge in [0, 0.05) is 6.20 Å². The monoisotopic (exact) mass is 282 g/mol. The van der Waals surface area contributed by atoms with Crippen molar-refractivity contribution < 1.29 is 9.53 Å². The SMILES string of the molecule is COC(=O)c1ncn(-c2ncccc2Br)n1. The van der Waals surface area contributed by atoms with Crippen LogP contribution in [0.3, 0.4) is 0 Å². The molecule has 0 aliphatic rings. The number of hydrogen-bond donors (Lipinski definition) is 0. The van der Waals surface area contributed by atoms with Crippen LogP contribution in [0, 0.1) is 0 Å². The van der Waals surface area contributed by atoms with E-state index in [0.29, 0.717) is 5.82 Å². The van der Waals surface area contributed by atoms with E-state index < -0.39 is 5.97 Å². The number of pyridine rings is 1. The fourth-order valence-electron chi connectivity index (χ4n) is 1.10. The van der Waals surface area contributed by atoms with Crippen molar-refractivity contribution >= 4 is 21.9 Å². The van der Waals surface area contributed by atoms with Gasteiger partial charge in [-0.25, -0.2) is 19.4 Å². The summed E-state index contributed by atoms with van der Waals surface area (Å²) in [5.41, 5.74) is 0. The Morgan fingerprint density at radius 1 is 1.50 bits per heavy atom. The summed E-state index contributed by atoms with van der Waals surface area (Å²) in [5.74, 6) is -0.0176. The highest BCUT2D eigenvalue weighted by Gasteiger charge is 2.13. The molecule has 0 unspecified atom stereocenters. The van der Waals surface area contributed by atoms with Gasteiger partial charge in [0.25, 0.3) is 5.82 Å². The highest BCUT2D eigenvalue weighted by Crippen LogP contribution is 2.16. The molecule has 0 radical (unpaired) electrons. The maximum Gasteiger partial charge on any atom is 0.377 e. The first kappa shape index (κ1) is 10.7. The van der Waals surface area contributed by atoms with Gasteiger partial charge in [-0.2, -0.15) is 0 Å². The van der Waals surface area contributed by atoms with Crippen molar-refractivity contribution in [3.63, 3.8) is 0 Å². The molecular weight excluding hydrogens is 276 g/mol. The second kappa shape index (κ2) is 4.40. The number of aromatic nitrogens is 4. The van der Waals surface area contributed by atoms with E-state index in [0.717, 1.165) is 4.47 Å². The minimum atomic E-state index is -0.578. The molecule has 2 aromatic rings. The van der Waals surface area contributed by atoms with E-state index in [1.165, 1.54) is 18.1 Å². The quantitative estimate of drug-likeness (QED) is 0.775. The van der Waals surface area contributed by atoms with Crippen molar-refractivity contribution in [2.24, 2.45) is 0 Å². The molecule has 0 saturated carbocycles. The molecule has 0 aliphatic heterocycles. The second-order valence-corrected chi connectivity index (χ2v) is 3.67. The summed E-state index contributed by atoms with van der Waals surface area (Å²) < 4.78 is 6.67. The maximum absolute atomic E-state index is 11.2. The number of ether oxygens (including phenoxy) is 1. The van der Waals surface area contributed by atoms with Gasteiger partial charge in [0.1, 0.15) is 6.33 Å². The third-order valence-corrected chi connectivity index (χ3v) is 2.43. The smallest absolute Gasteiger partial charge is 0.377 e. The Kier molecular flexibility index (Phi) is 2.95. The number of nitrogens with zero attached hydrogens (tertiary/aromatic N) is 4. The van der Waals surface area contributed by atoms with Gasteiger partial charge in [-0.05, 0) is 28.1 Å². The Bertz CT molecular complexity index is 526. The normalized spacial score (nSPS) is 10.1. The number of rotatable bonds is 2. The molecule has 0 atom stereocenters. The molecular formula is C9H7BrN4O2. The number of carbonyl (C=O) groups is 1. The summed E-state index contributed by atoms with van der Waals surface area (Å²) in [6, 6.07) is 3.60. The van der Waals surface area contributed by atoms with E-state index >= 15 is 0 Å². The summed E-state index contributed by atoms with van der Waals surface area (Å²) in [4.78, 5) is 19.1. The van der Waals surface area contributed by atoms with E-state index in [2.05, 4.69) is 35.7 Å². The van der Waals surface area contributed by atoms with Crippen LogP contribution in [0.5, 0.6) is 0 Å². The first-order chi connectivity index (χ1) is 7.72. The van der Waals surface area contributed by atoms with Crippen molar-refractivity contribution in [1.29, 1.82) is 0 Å². The zero-order valence-corrected chi connectivity index (χ0v) is 9.88. The van der Waals surface area contributed by atoms with Crippen LogP contribution < -0.4 is 0 Å². The minimum Gasteiger partial charge on any atom is -0.463 e. The molecule has 2 rings (SSSR count). The fraction of sp³-hybridized carbons (Fsp3) is 0.111. The van der Waals surface area contributed by atoms with Crippen LogP contribution in [0.2, 0.25) is 0 Å². The molecule has 0 bridgehead atoms. The number of hydrogen-bond acceptors (Lipinski definition) is 5. The lowest BCUT2D eigenvalue weighted by Crippen LogP contribution is -2.06. The Morgan fingerprint density at radius 2 is 2.31 bits per heavy atom. The lowest BCUT2D eigenvalue weighted by atomic mass is 10.5. The maximum atomic E-state index is 11.2. The zero-order valence-electron chi connectivity index (χ0n) is 8.29. The van der Waals surface area contributed by atoms with E-state index in [1.54, 1.807) is 12.3 Å². The highest BCUT2D eigenvalue weighted by atomic mass is 79.9. The Labute approximate surface area is 99.4 Å². The lowest BCUT2D eigenvalue weighted by Gasteiger charge is -2.00. The molecule has 0 spiro atoms. The number of methoxy groups -OCH3 is 1. The van der Waals surface area contributed by atoms with E-state index in [1.807, 2.05) is 6.07 Å². The third-order valence-electron chi connectivity index (χ3n) is 1.82. The summed E-state index contributed by atoms with van der Waals surface area (Å²) in [5, 5.41) is 3.95. The zero-order chi connectivity index (χ0) is 11.5. The highest BCUT2D eigenvalue weighted by molar-refractivity contribution is 9.10. The van der Waals surface area contributed by atoms with Crippen molar-refractivity contribution in [3.05, 3.63) is 35.0 Å². The van der Waals surface area contributed by atoms with Crippen molar-refractivity contribution in [3.8, 4) is 5.82 Å². The number of carbonyl (C=O) groups excluding carboxylic acids is 1.